The number of ether oxygens (including phenoxy) is 1. The summed E-state index contributed by atoms with van der Waals surface area (Å²) in [6.45, 7) is 0.547. The second-order valence-electron chi connectivity index (χ2n) is 10.4. The van der Waals surface area contributed by atoms with Gasteiger partial charge in [-0.1, -0.05) is 107 Å². The van der Waals surface area contributed by atoms with E-state index in [0.717, 1.165) is 16.7 Å². The van der Waals surface area contributed by atoms with Crippen LogP contribution in [0.3, 0.4) is 0 Å². The van der Waals surface area contributed by atoms with Crippen molar-refractivity contribution in [1.29, 1.82) is 0 Å². The number of para-hydroxylation sites is 1. The fraction of sp³-hybridized carbons (Fsp3) is 0.108. The number of carboxylic acid groups (broad SMARTS) is 1. The molecule has 0 aromatic heterocycles. The zero-order valence-electron chi connectivity index (χ0n) is 24.4. The summed E-state index contributed by atoms with van der Waals surface area (Å²) in [5.74, 6) is -1.57. The molecular weight excluding hydrogens is 632 g/mol. The average molecular weight is 664 g/mol. The smallest absolute Gasteiger partial charge is 0.394 e. The first-order valence-electron chi connectivity index (χ1n) is 14.4. The van der Waals surface area contributed by atoms with Crippen molar-refractivity contribution in [3.05, 3.63) is 154 Å². The van der Waals surface area contributed by atoms with Crippen LogP contribution in [0.2, 0.25) is 0 Å². The summed E-state index contributed by atoms with van der Waals surface area (Å²) in [5, 5.41) is 12.4. The maximum atomic E-state index is 12.9. The van der Waals surface area contributed by atoms with Gasteiger partial charge in [0.2, 0.25) is 0 Å². The van der Waals surface area contributed by atoms with Gasteiger partial charge in [0.1, 0.15) is 11.5 Å². The molecular formula is C37H31BrN2O5. The zero-order chi connectivity index (χ0) is 31.6. The number of hydrogen-bond donors (Lipinski definition) is 2. The number of aliphatic carboxylic acids is 1. The molecule has 0 spiro atoms. The number of nitrogens with one attached hydrogen (secondary N) is 1. The van der Waals surface area contributed by atoms with Gasteiger partial charge >= 0.3 is 11.9 Å². The standard InChI is InChI=1S/C37H31BrN2O5/c38-34-23-30(35(41)39-21-20-26-14-16-29(17-15-26)28-9-3-1-4-10-28)18-19-31(34)25-40(36(42)37(43)44)24-27-8-7-13-33(22-27)45-32-11-5-2-6-12-32/h1-19,22-23H,20-21,24-25H2,(H,39,41)(H,43,44). The Bertz CT molecular complexity index is 1780. The van der Waals surface area contributed by atoms with Gasteiger partial charge < -0.3 is 20.1 Å². The molecule has 0 aliphatic carbocycles. The number of amides is 2. The molecule has 7 nitrogen and oxygen atoms in total. The van der Waals surface area contributed by atoms with Crippen LogP contribution in [-0.4, -0.2) is 34.3 Å². The van der Waals surface area contributed by atoms with Crippen LogP contribution in [0.25, 0.3) is 11.1 Å². The van der Waals surface area contributed by atoms with Gasteiger partial charge in [0.25, 0.3) is 5.91 Å². The van der Waals surface area contributed by atoms with Crippen LogP contribution in [-0.2, 0) is 29.1 Å². The molecule has 2 amide bonds. The Balaban J connectivity index is 1.19. The van der Waals surface area contributed by atoms with Crippen molar-refractivity contribution in [2.24, 2.45) is 0 Å². The first-order chi connectivity index (χ1) is 21.9. The Morgan fingerprint density at radius 1 is 0.689 bits per heavy atom. The lowest BCUT2D eigenvalue weighted by Gasteiger charge is -2.22. The van der Waals surface area contributed by atoms with E-state index in [1.54, 1.807) is 42.5 Å². The molecule has 0 saturated carbocycles. The maximum Gasteiger partial charge on any atom is 0.394 e. The zero-order valence-corrected chi connectivity index (χ0v) is 25.9. The van der Waals surface area contributed by atoms with Gasteiger partial charge in [0, 0.05) is 29.7 Å². The highest BCUT2D eigenvalue weighted by molar-refractivity contribution is 9.10. The van der Waals surface area contributed by atoms with E-state index in [0.29, 0.717) is 45.6 Å². The number of carbonyl (C=O) groups is 3. The molecule has 0 fully saturated rings. The number of nitrogens with zero attached hydrogens (tertiary/aromatic N) is 1. The van der Waals surface area contributed by atoms with Crippen LogP contribution >= 0.6 is 15.9 Å². The van der Waals surface area contributed by atoms with E-state index < -0.39 is 11.9 Å². The quantitative estimate of drug-likeness (QED) is 0.143. The van der Waals surface area contributed by atoms with E-state index in [9.17, 15) is 19.5 Å². The number of halogens is 1. The third-order valence-corrected chi connectivity index (χ3v) is 7.90. The summed E-state index contributed by atoms with van der Waals surface area (Å²) >= 11 is 3.51. The van der Waals surface area contributed by atoms with Crippen molar-refractivity contribution in [1.82, 2.24) is 10.2 Å². The van der Waals surface area contributed by atoms with Gasteiger partial charge in [-0.3, -0.25) is 9.59 Å². The third-order valence-electron chi connectivity index (χ3n) is 7.16. The summed E-state index contributed by atoms with van der Waals surface area (Å²) in [6.07, 6.45) is 0.684. The molecule has 5 aromatic rings. The summed E-state index contributed by atoms with van der Waals surface area (Å²) < 4.78 is 6.48. The predicted octanol–water partition coefficient (Wildman–Crippen LogP) is 7.49. The summed E-state index contributed by atoms with van der Waals surface area (Å²) in [5.41, 5.74) is 5.24. The summed E-state index contributed by atoms with van der Waals surface area (Å²) in [4.78, 5) is 38.4. The van der Waals surface area contributed by atoms with Crippen LogP contribution in [0.15, 0.2) is 132 Å². The second-order valence-corrected chi connectivity index (χ2v) is 11.3. The topological polar surface area (TPSA) is 95.9 Å². The van der Waals surface area contributed by atoms with Crippen molar-refractivity contribution < 1.29 is 24.2 Å². The van der Waals surface area contributed by atoms with E-state index in [1.165, 1.54) is 4.90 Å². The van der Waals surface area contributed by atoms with E-state index in [2.05, 4.69) is 57.6 Å². The average Bonchev–Trinajstić information content (AvgIpc) is 3.06. The van der Waals surface area contributed by atoms with Crippen LogP contribution in [0.1, 0.15) is 27.0 Å². The van der Waals surface area contributed by atoms with Crippen LogP contribution in [0.5, 0.6) is 11.5 Å². The van der Waals surface area contributed by atoms with E-state index in [4.69, 9.17) is 4.74 Å². The lowest BCUT2D eigenvalue weighted by Crippen LogP contribution is -2.35. The van der Waals surface area contributed by atoms with Crippen LogP contribution < -0.4 is 10.1 Å². The molecule has 0 heterocycles. The molecule has 0 unspecified atom stereocenters. The molecule has 0 atom stereocenters. The fourth-order valence-corrected chi connectivity index (χ4v) is 5.33. The minimum absolute atomic E-state index is 0.0242. The molecule has 0 aliphatic heterocycles. The molecule has 0 bridgehead atoms. The van der Waals surface area contributed by atoms with Gasteiger partial charge in [0.05, 0.1) is 0 Å². The van der Waals surface area contributed by atoms with Gasteiger partial charge in [-0.25, -0.2) is 4.79 Å². The number of carbonyl (C=O) groups excluding carboxylic acids is 2. The Kier molecular flexibility index (Phi) is 10.4. The highest BCUT2D eigenvalue weighted by atomic mass is 79.9. The Labute approximate surface area is 270 Å². The molecule has 5 rings (SSSR count). The molecule has 226 valence electrons. The molecule has 0 aliphatic rings. The molecule has 8 heteroatoms. The monoisotopic (exact) mass is 662 g/mol. The van der Waals surface area contributed by atoms with E-state index in [-0.39, 0.29) is 19.0 Å². The number of carboxylic acids is 1. The lowest BCUT2D eigenvalue weighted by atomic mass is 10.0. The maximum absolute atomic E-state index is 12.9. The van der Waals surface area contributed by atoms with Crippen molar-refractivity contribution >= 4 is 33.7 Å². The van der Waals surface area contributed by atoms with Gasteiger partial charge in [0.15, 0.2) is 0 Å². The molecule has 45 heavy (non-hydrogen) atoms. The van der Waals surface area contributed by atoms with Crippen molar-refractivity contribution in [2.75, 3.05) is 6.54 Å². The van der Waals surface area contributed by atoms with Gasteiger partial charge in [-0.05, 0) is 70.6 Å². The van der Waals surface area contributed by atoms with Crippen molar-refractivity contribution in [3.8, 4) is 22.6 Å². The second kappa shape index (κ2) is 15.0. The normalized spacial score (nSPS) is 10.6. The largest absolute Gasteiger partial charge is 0.474 e. The highest BCUT2D eigenvalue weighted by Gasteiger charge is 2.23. The molecule has 0 radical (unpaired) electrons. The van der Waals surface area contributed by atoms with Crippen LogP contribution in [0.4, 0.5) is 0 Å². The number of benzene rings is 5. The number of rotatable bonds is 11. The summed E-state index contributed by atoms with van der Waals surface area (Å²) in [7, 11) is 0. The van der Waals surface area contributed by atoms with Gasteiger partial charge in [-0.2, -0.15) is 0 Å². The summed E-state index contributed by atoms with van der Waals surface area (Å²) in [6, 6.07) is 40.0. The first-order valence-corrected chi connectivity index (χ1v) is 15.2. The molecule has 5 aromatic carbocycles. The van der Waals surface area contributed by atoms with E-state index in [1.807, 2.05) is 48.5 Å². The predicted molar refractivity (Wildman–Crippen MR) is 177 cm³/mol. The minimum atomic E-state index is -1.55. The highest BCUT2D eigenvalue weighted by Crippen LogP contribution is 2.25. The Morgan fingerprint density at radius 3 is 2.04 bits per heavy atom. The van der Waals surface area contributed by atoms with Crippen molar-refractivity contribution in [2.45, 2.75) is 19.5 Å². The number of hydrogen-bond acceptors (Lipinski definition) is 4. The third kappa shape index (κ3) is 8.68. The minimum Gasteiger partial charge on any atom is -0.474 e. The Morgan fingerprint density at radius 2 is 1.36 bits per heavy atom. The van der Waals surface area contributed by atoms with Gasteiger partial charge in [-0.15, -0.1) is 0 Å². The first kappa shape index (κ1) is 31.2. The van der Waals surface area contributed by atoms with E-state index >= 15 is 0 Å². The van der Waals surface area contributed by atoms with Crippen LogP contribution in [0, 0.1) is 0 Å². The molecule has 2 N–H and O–H groups in total. The molecule has 0 saturated heterocycles. The SMILES string of the molecule is O=C(O)C(=O)N(Cc1cccc(Oc2ccccc2)c1)Cc1ccc(C(=O)NCCc2ccc(-c3ccccc3)cc2)cc1Br. The van der Waals surface area contributed by atoms with Crippen molar-refractivity contribution in [3.63, 3.8) is 0 Å². The lowest BCUT2D eigenvalue weighted by molar-refractivity contribution is -0.156. The Hall–Kier alpha value is -5.21. The fourth-order valence-electron chi connectivity index (χ4n) is 4.83.